The molecule has 0 saturated carbocycles. The molecule has 1 aromatic carbocycles. The molecule has 0 atom stereocenters. The predicted molar refractivity (Wildman–Crippen MR) is 114 cm³/mol. The number of piperazine rings is 1. The zero-order chi connectivity index (χ0) is 20.5. The lowest BCUT2D eigenvalue weighted by atomic mass is 10.1. The number of aryl methyl sites for hydroxylation is 3. The van der Waals surface area contributed by atoms with Gasteiger partial charge in [-0.3, -0.25) is 4.79 Å². The van der Waals surface area contributed by atoms with Gasteiger partial charge in [-0.05, 0) is 38.0 Å². The highest BCUT2D eigenvalue weighted by Crippen LogP contribution is 2.29. The molecular formula is C19H22Cl2N2O3S2. The molecule has 1 amide bonds. The molecule has 1 saturated heterocycles. The predicted octanol–water partition coefficient (Wildman–Crippen LogP) is 4.14. The summed E-state index contributed by atoms with van der Waals surface area (Å²) in [4.78, 5) is 16.4. The fraction of sp³-hybridized carbons (Fsp3) is 0.421. The van der Waals surface area contributed by atoms with Crippen LogP contribution in [0.3, 0.4) is 0 Å². The molecule has 1 aliphatic rings. The van der Waals surface area contributed by atoms with E-state index < -0.39 is 10.0 Å². The third-order valence-electron chi connectivity index (χ3n) is 4.84. The van der Waals surface area contributed by atoms with Crippen LogP contribution in [-0.4, -0.2) is 49.7 Å². The van der Waals surface area contributed by atoms with E-state index in [1.807, 2.05) is 26.0 Å². The van der Waals surface area contributed by atoms with Gasteiger partial charge in [-0.2, -0.15) is 4.31 Å². The Morgan fingerprint density at radius 3 is 2.43 bits per heavy atom. The molecule has 2 heterocycles. The van der Waals surface area contributed by atoms with Gasteiger partial charge in [0.2, 0.25) is 15.9 Å². The quantitative estimate of drug-likeness (QED) is 0.673. The lowest BCUT2D eigenvalue weighted by molar-refractivity contribution is -0.132. The van der Waals surface area contributed by atoms with E-state index in [1.165, 1.54) is 15.6 Å². The minimum Gasteiger partial charge on any atom is -0.340 e. The van der Waals surface area contributed by atoms with Crippen LogP contribution in [0.2, 0.25) is 10.0 Å². The highest BCUT2D eigenvalue weighted by molar-refractivity contribution is 7.89. The molecule has 0 aliphatic carbocycles. The van der Waals surface area contributed by atoms with Crippen LogP contribution in [0.1, 0.15) is 21.7 Å². The van der Waals surface area contributed by atoms with Crippen molar-refractivity contribution in [1.82, 2.24) is 9.21 Å². The minimum atomic E-state index is -3.51. The molecule has 0 bridgehead atoms. The summed E-state index contributed by atoms with van der Waals surface area (Å²) in [6, 6.07) is 7.11. The van der Waals surface area contributed by atoms with Crippen LogP contribution in [0.4, 0.5) is 0 Å². The number of halogens is 2. The number of rotatable bonds is 5. The molecular weight excluding hydrogens is 439 g/mol. The zero-order valence-corrected chi connectivity index (χ0v) is 18.9. The molecule has 152 valence electrons. The van der Waals surface area contributed by atoms with Gasteiger partial charge < -0.3 is 4.90 Å². The van der Waals surface area contributed by atoms with Crippen molar-refractivity contribution in [3.8, 4) is 0 Å². The Bertz CT molecular complexity index is 981. The maximum Gasteiger partial charge on any atom is 0.244 e. The third kappa shape index (κ3) is 4.54. The maximum absolute atomic E-state index is 12.9. The summed E-state index contributed by atoms with van der Waals surface area (Å²) in [6.45, 7) is 5.12. The maximum atomic E-state index is 12.9. The van der Waals surface area contributed by atoms with Crippen molar-refractivity contribution in [2.24, 2.45) is 0 Å². The summed E-state index contributed by atoms with van der Waals surface area (Å²) in [5.74, 6) is -0.00403. The smallest absolute Gasteiger partial charge is 0.244 e. The highest BCUT2D eigenvalue weighted by Gasteiger charge is 2.31. The van der Waals surface area contributed by atoms with E-state index in [9.17, 15) is 13.2 Å². The van der Waals surface area contributed by atoms with Crippen LogP contribution < -0.4 is 0 Å². The van der Waals surface area contributed by atoms with Crippen molar-refractivity contribution in [3.63, 3.8) is 0 Å². The summed E-state index contributed by atoms with van der Waals surface area (Å²) in [5.41, 5.74) is 0.840. The number of benzene rings is 1. The van der Waals surface area contributed by atoms with Crippen LogP contribution >= 0.6 is 34.5 Å². The largest absolute Gasteiger partial charge is 0.340 e. The standard InChI is InChI=1S/C19H22Cl2N2O3S2/c1-13-12-17(14(2)27-13)28(25,26)23-10-8-22(9-11-23)18(24)7-6-15-4-3-5-16(20)19(15)21/h3-5,12H,6-11H2,1-2H3. The Balaban J connectivity index is 1.58. The first-order valence-corrected chi connectivity index (χ1v) is 12.0. The van der Waals surface area contributed by atoms with Gasteiger partial charge in [-0.1, -0.05) is 35.3 Å². The summed E-state index contributed by atoms with van der Waals surface area (Å²) < 4.78 is 27.2. The average molecular weight is 461 g/mol. The van der Waals surface area contributed by atoms with Crippen molar-refractivity contribution < 1.29 is 13.2 Å². The SMILES string of the molecule is Cc1cc(S(=O)(=O)N2CCN(C(=O)CCc3cccc(Cl)c3Cl)CC2)c(C)s1. The second-order valence-electron chi connectivity index (χ2n) is 6.78. The molecule has 28 heavy (non-hydrogen) atoms. The second kappa shape index (κ2) is 8.71. The van der Waals surface area contributed by atoms with Crippen LogP contribution in [0.25, 0.3) is 0 Å². The van der Waals surface area contributed by atoms with Gasteiger partial charge in [0.25, 0.3) is 0 Å². The summed E-state index contributed by atoms with van der Waals surface area (Å²) in [5, 5.41) is 0.957. The number of carbonyl (C=O) groups is 1. The number of hydrogen-bond donors (Lipinski definition) is 0. The molecule has 0 unspecified atom stereocenters. The normalized spacial score (nSPS) is 15.8. The number of hydrogen-bond acceptors (Lipinski definition) is 4. The lowest BCUT2D eigenvalue weighted by Crippen LogP contribution is -2.50. The molecule has 9 heteroatoms. The molecule has 5 nitrogen and oxygen atoms in total. The topological polar surface area (TPSA) is 57.7 Å². The van der Waals surface area contributed by atoms with E-state index in [1.54, 1.807) is 17.0 Å². The molecule has 2 aromatic rings. The van der Waals surface area contributed by atoms with Gasteiger partial charge in [-0.15, -0.1) is 11.3 Å². The number of nitrogens with zero attached hydrogens (tertiary/aromatic N) is 2. The molecule has 0 radical (unpaired) electrons. The molecule has 1 aliphatic heterocycles. The fourth-order valence-corrected chi connectivity index (χ4v) is 6.68. The molecule has 3 rings (SSSR count). The van der Waals surface area contributed by atoms with Crippen molar-refractivity contribution >= 4 is 50.5 Å². The second-order valence-corrected chi connectivity index (χ2v) is 10.9. The van der Waals surface area contributed by atoms with Crippen LogP contribution in [0.5, 0.6) is 0 Å². The number of amides is 1. The number of carbonyl (C=O) groups excluding carboxylic acids is 1. The lowest BCUT2D eigenvalue weighted by Gasteiger charge is -2.34. The average Bonchev–Trinajstić information content (AvgIpc) is 3.01. The van der Waals surface area contributed by atoms with Crippen molar-refractivity contribution in [2.45, 2.75) is 31.6 Å². The molecule has 0 N–H and O–H groups in total. The van der Waals surface area contributed by atoms with E-state index in [4.69, 9.17) is 23.2 Å². The Morgan fingerprint density at radius 2 is 1.82 bits per heavy atom. The van der Waals surface area contributed by atoms with Crippen molar-refractivity contribution in [3.05, 3.63) is 49.6 Å². The fourth-order valence-electron chi connectivity index (χ4n) is 3.32. The third-order valence-corrected chi connectivity index (χ3v) is 8.82. The Hall–Kier alpha value is -1.12. The van der Waals surface area contributed by atoms with Crippen LogP contribution in [0, 0.1) is 13.8 Å². The van der Waals surface area contributed by atoms with E-state index >= 15 is 0 Å². The van der Waals surface area contributed by atoms with Crippen molar-refractivity contribution in [2.75, 3.05) is 26.2 Å². The molecule has 1 fully saturated rings. The minimum absolute atomic E-state index is 0.00403. The van der Waals surface area contributed by atoms with Gasteiger partial charge in [0, 0.05) is 42.4 Å². The summed E-state index contributed by atoms with van der Waals surface area (Å²) in [6.07, 6.45) is 0.819. The number of thiophene rings is 1. The number of sulfonamides is 1. The van der Waals surface area contributed by atoms with E-state index in [0.29, 0.717) is 54.0 Å². The Labute approximate surface area is 179 Å². The van der Waals surface area contributed by atoms with E-state index in [-0.39, 0.29) is 5.91 Å². The summed E-state index contributed by atoms with van der Waals surface area (Å²) >= 11 is 13.7. The summed E-state index contributed by atoms with van der Waals surface area (Å²) in [7, 11) is -3.51. The first-order valence-electron chi connectivity index (χ1n) is 8.98. The van der Waals surface area contributed by atoms with Gasteiger partial charge >= 0.3 is 0 Å². The van der Waals surface area contributed by atoms with Gasteiger partial charge in [-0.25, -0.2) is 8.42 Å². The van der Waals surface area contributed by atoms with Crippen molar-refractivity contribution in [1.29, 1.82) is 0 Å². The first-order chi connectivity index (χ1) is 13.2. The first kappa shape index (κ1) is 21.6. The Morgan fingerprint density at radius 1 is 1.14 bits per heavy atom. The Kier molecular flexibility index (Phi) is 6.72. The molecule has 0 spiro atoms. The van der Waals surface area contributed by atoms with Gasteiger partial charge in [0.1, 0.15) is 0 Å². The highest BCUT2D eigenvalue weighted by atomic mass is 35.5. The van der Waals surface area contributed by atoms with Crippen LogP contribution in [-0.2, 0) is 21.2 Å². The van der Waals surface area contributed by atoms with Crippen LogP contribution in [0.15, 0.2) is 29.2 Å². The van der Waals surface area contributed by atoms with E-state index in [2.05, 4.69) is 0 Å². The van der Waals surface area contributed by atoms with Gasteiger partial charge in [0.05, 0.1) is 14.9 Å². The molecule has 1 aromatic heterocycles. The monoisotopic (exact) mass is 460 g/mol. The van der Waals surface area contributed by atoms with E-state index in [0.717, 1.165) is 15.3 Å². The van der Waals surface area contributed by atoms with Gasteiger partial charge in [0.15, 0.2) is 0 Å². The zero-order valence-electron chi connectivity index (χ0n) is 15.7.